The Hall–Kier alpha value is -2.53. The standard InChI is InChI=1S/C20H22ClNO4/c1-2-3-4-13-25-19(23)14-26-18-11-5-15(6-12-18)20(24)22-17-9-7-16(21)8-10-17/h5-12H,2-4,13-14H2,1H3,(H,22,24). The van der Waals surface area contributed by atoms with Crippen LogP contribution in [-0.4, -0.2) is 25.1 Å². The zero-order chi connectivity index (χ0) is 18.8. The van der Waals surface area contributed by atoms with E-state index in [1.54, 1.807) is 48.5 Å². The molecule has 0 radical (unpaired) electrons. The van der Waals surface area contributed by atoms with Crippen LogP contribution in [0.5, 0.6) is 5.75 Å². The normalized spacial score (nSPS) is 10.2. The van der Waals surface area contributed by atoms with E-state index in [2.05, 4.69) is 12.2 Å². The van der Waals surface area contributed by atoms with Crippen LogP contribution < -0.4 is 10.1 Å². The first kappa shape index (κ1) is 19.8. The van der Waals surface area contributed by atoms with Crippen LogP contribution in [0.4, 0.5) is 5.69 Å². The summed E-state index contributed by atoms with van der Waals surface area (Å²) < 4.78 is 10.4. The fourth-order valence-electron chi connectivity index (χ4n) is 2.16. The van der Waals surface area contributed by atoms with Crippen LogP contribution in [0.3, 0.4) is 0 Å². The number of hydrogen-bond acceptors (Lipinski definition) is 4. The molecule has 2 aromatic carbocycles. The van der Waals surface area contributed by atoms with Crippen LogP contribution in [0.25, 0.3) is 0 Å². The van der Waals surface area contributed by atoms with Gasteiger partial charge in [-0.1, -0.05) is 31.4 Å². The van der Waals surface area contributed by atoms with Crippen LogP contribution in [0, 0.1) is 0 Å². The van der Waals surface area contributed by atoms with Gasteiger partial charge in [0.25, 0.3) is 5.91 Å². The van der Waals surface area contributed by atoms with E-state index in [4.69, 9.17) is 21.1 Å². The van der Waals surface area contributed by atoms with Gasteiger partial charge in [0.15, 0.2) is 6.61 Å². The van der Waals surface area contributed by atoms with Gasteiger partial charge in [0.2, 0.25) is 0 Å². The lowest BCUT2D eigenvalue weighted by atomic mass is 10.2. The molecule has 0 unspecified atom stereocenters. The van der Waals surface area contributed by atoms with E-state index in [0.29, 0.717) is 28.6 Å². The van der Waals surface area contributed by atoms with Gasteiger partial charge in [0, 0.05) is 16.3 Å². The van der Waals surface area contributed by atoms with Gasteiger partial charge >= 0.3 is 5.97 Å². The van der Waals surface area contributed by atoms with Crippen LogP contribution in [0.2, 0.25) is 5.02 Å². The monoisotopic (exact) mass is 375 g/mol. The molecule has 0 spiro atoms. The molecule has 2 rings (SSSR count). The van der Waals surface area contributed by atoms with Gasteiger partial charge in [-0.2, -0.15) is 0 Å². The second-order valence-corrected chi connectivity index (χ2v) is 6.14. The number of unbranched alkanes of at least 4 members (excludes halogenated alkanes) is 2. The van der Waals surface area contributed by atoms with E-state index in [1.807, 2.05) is 0 Å². The second kappa shape index (κ2) is 10.5. The van der Waals surface area contributed by atoms with Gasteiger partial charge in [0.05, 0.1) is 6.61 Å². The predicted molar refractivity (Wildman–Crippen MR) is 102 cm³/mol. The Kier molecular flexibility index (Phi) is 7.96. The van der Waals surface area contributed by atoms with Crippen molar-refractivity contribution in [3.8, 4) is 5.75 Å². The number of hydrogen-bond donors (Lipinski definition) is 1. The summed E-state index contributed by atoms with van der Waals surface area (Å²) in [6.45, 7) is 2.35. The Morgan fingerprint density at radius 2 is 1.69 bits per heavy atom. The fourth-order valence-corrected chi connectivity index (χ4v) is 2.29. The molecule has 2 aromatic rings. The molecule has 0 bridgehead atoms. The SMILES string of the molecule is CCCCCOC(=O)COc1ccc(C(=O)Nc2ccc(Cl)cc2)cc1. The molecule has 0 aliphatic rings. The third-order valence-electron chi connectivity index (χ3n) is 3.59. The van der Waals surface area contributed by atoms with Gasteiger partial charge in [-0.3, -0.25) is 4.79 Å². The highest BCUT2D eigenvalue weighted by molar-refractivity contribution is 6.30. The van der Waals surface area contributed by atoms with Gasteiger partial charge in [0.1, 0.15) is 5.75 Å². The number of amides is 1. The fraction of sp³-hybridized carbons (Fsp3) is 0.300. The predicted octanol–water partition coefficient (Wildman–Crippen LogP) is 4.70. The van der Waals surface area contributed by atoms with Crippen molar-refractivity contribution in [2.75, 3.05) is 18.5 Å². The molecule has 26 heavy (non-hydrogen) atoms. The van der Waals surface area contributed by atoms with Crippen molar-refractivity contribution in [3.63, 3.8) is 0 Å². The lowest BCUT2D eigenvalue weighted by molar-refractivity contribution is -0.146. The van der Waals surface area contributed by atoms with Gasteiger partial charge < -0.3 is 14.8 Å². The van der Waals surface area contributed by atoms with Crippen molar-refractivity contribution in [3.05, 3.63) is 59.1 Å². The Balaban J connectivity index is 1.79. The molecule has 0 saturated carbocycles. The maximum atomic E-state index is 12.2. The highest BCUT2D eigenvalue weighted by Gasteiger charge is 2.08. The van der Waals surface area contributed by atoms with Crippen LogP contribution >= 0.6 is 11.6 Å². The molecule has 5 nitrogen and oxygen atoms in total. The van der Waals surface area contributed by atoms with Crippen LogP contribution in [0.15, 0.2) is 48.5 Å². The van der Waals surface area contributed by atoms with Crippen molar-refractivity contribution >= 4 is 29.2 Å². The summed E-state index contributed by atoms with van der Waals surface area (Å²) in [5.41, 5.74) is 1.14. The molecular weight excluding hydrogens is 354 g/mol. The van der Waals surface area contributed by atoms with Crippen LogP contribution in [-0.2, 0) is 9.53 Å². The first-order valence-corrected chi connectivity index (χ1v) is 8.91. The third-order valence-corrected chi connectivity index (χ3v) is 3.84. The van der Waals surface area contributed by atoms with Crippen molar-refractivity contribution in [2.45, 2.75) is 26.2 Å². The van der Waals surface area contributed by atoms with Gasteiger partial charge in [-0.15, -0.1) is 0 Å². The highest BCUT2D eigenvalue weighted by atomic mass is 35.5. The number of ether oxygens (including phenoxy) is 2. The summed E-state index contributed by atoms with van der Waals surface area (Å²) in [6, 6.07) is 13.4. The molecule has 0 saturated heterocycles. The average Bonchev–Trinajstić information content (AvgIpc) is 2.66. The molecule has 0 fully saturated rings. The first-order chi connectivity index (χ1) is 12.6. The lowest BCUT2D eigenvalue weighted by Gasteiger charge is -2.08. The molecule has 0 aliphatic heterocycles. The quantitative estimate of drug-likeness (QED) is 0.509. The van der Waals surface area contributed by atoms with E-state index >= 15 is 0 Å². The lowest BCUT2D eigenvalue weighted by Crippen LogP contribution is -2.15. The summed E-state index contributed by atoms with van der Waals surface area (Å²) in [5.74, 6) is -0.140. The van der Waals surface area contributed by atoms with Crippen molar-refractivity contribution in [2.24, 2.45) is 0 Å². The zero-order valence-electron chi connectivity index (χ0n) is 14.7. The number of nitrogens with one attached hydrogen (secondary N) is 1. The Bertz CT molecular complexity index is 714. The molecule has 6 heteroatoms. The zero-order valence-corrected chi connectivity index (χ0v) is 15.4. The molecule has 0 aliphatic carbocycles. The summed E-state index contributed by atoms with van der Waals surface area (Å²) in [7, 11) is 0. The second-order valence-electron chi connectivity index (χ2n) is 5.70. The Labute approximate surface area is 158 Å². The topological polar surface area (TPSA) is 64.6 Å². The average molecular weight is 376 g/mol. The van der Waals surface area contributed by atoms with E-state index in [1.165, 1.54) is 0 Å². The minimum Gasteiger partial charge on any atom is -0.482 e. The minimum atomic E-state index is -0.398. The summed E-state index contributed by atoms with van der Waals surface area (Å²) in [4.78, 5) is 23.7. The number of benzene rings is 2. The Morgan fingerprint density at radius 3 is 2.35 bits per heavy atom. The molecule has 1 amide bonds. The number of anilines is 1. The number of halogens is 1. The molecular formula is C20H22ClNO4. The third kappa shape index (κ3) is 6.76. The summed E-state index contributed by atoms with van der Waals surface area (Å²) >= 11 is 5.82. The molecule has 0 atom stereocenters. The number of esters is 1. The largest absolute Gasteiger partial charge is 0.482 e. The molecule has 1 N–H and O–H groups in total. The summed E-state index contributed by atoms with van der Waals surface area (Å²) in [6.07, 6.45) is 2.97. The Morgan fingerprint density at radius 1 is 1.00 bits per heavy atom. The molecule has 0 heterocycles. The number of rotatable bonds is 9. The molecule has 138 valence electrons. The maximum absolute atomic E-state index is 12.2. The number of carbonyl (C=O) groups is 2. The molecule has 0 aromatic heterocycles. The van der Waals surface area contributed by atoms with Crippen molar-refractivity contribution < 1.29 is 19.1 Å². The van der Waals surface area contributed by atoms with E-state index in [9.17, 15) is 9.59 Å². The van der Waals surface area contributed by atoms with Gasteiger partial charge in [-0.25, -0.2) is 4.79 Å². The van der Waals surface area contributed by atoms with Crippen molar-refractivity contribution in [1.29, 1.82) is 0 Å². The van der Waals surface area contributed by atoms with Crippen LogP contribution in [0.1, 0.15) is 36.5 Å². The van der Waals surface area contributed by atoms with Gasteiger partial charge in [-0.05, 0) is 55.0 Å². The minimum absolute atomic E-state index is 0.150. The van der Waals surface area contributed by atoms with E-state index < -0.39 is 5.97 Å². The smallest absolute Gasteiger partial charge is 0.344 e. The summed E-state index contributed by atoms with van der Waals surface area (Å²) in [5, 5.41) is 3.38. The number of carbonyl (C=O) groups excluding carboxylic acids is 2. The van der Waals surface area contributed by atoms with E-state index in [0.717, 1.165) is 19.3 Å². The van der Waals surface area contributed by atoms with Crippen molar-refractivity contribution in [1.82, 2.24) is 0 Å². The maximum Gasteiger partial charge on any atom is 0.344 e. The first-order valence-electron chi connectivity index (χ1n) is 8.54. The van der Waals surface area contributed by atoms with E-state index in [-0.39, 0.29) is 12.5 Å². The highest BCUT2D eigenvalue weighted by Crippen LogP contribution is 2.16.